The highest BCUT2D eigenvalue weighted by Gasteiger charge is 2.24. The molecule has 1 fully saturated rings. The number of hydrogen-bond acceptors (Lipinski definition) is 4. The first-order valence-corrected chi connectivity index (χ1v) is 7.11. The van der Waals surface area contributed by atoms with E-state index in [0.29, 0.717) is 13.2 Å². The van der Waals surface area contributed by atoms with Crippen LogP contribution in [-0.4, -0.2) is 25.9 Å². The summed E-state index contributed by atoms with van der Waals surface area (Å²) in [6.07, 6.45) is 4.42. The van der Waals surface area contributed by atoms with E-state index in [0.717, 1.165) is 42.9 Å². The summed E-state index contributed by atoms with van der Waals surface area (Å²) in [5, 5.41) is 0. The Balaban J connectivity index is 1.78. The minimum atomic E-state index is -0.0857. The van der Waals surface area contributed by atoms with E-state index < -0.39 is 0 Å². The highest BCUT2D eigenvalue weighted by Crippen LogP contribution is 2.34. The molecule has 1 saturated heterocycles. The molecule has 2 N–H and O–H groups in total. The summed E-state index contributed by atoms with van der Waals surface area (Å²) in [7, 11) is 0. The quantitative estimate of drug-likeness (QED) is 0.890. The first-order valence-electron chi connectivity index (χ1n) is 7.11. The molecule has 104 valence electrons. The predicted octanol–water partition coefficient (Wildman–Crippen LogP) is 2.42. The number of nitrogens with two attached hydrogens (primary N) is 1. The van der Waals surface area contributed by atoms with Crippen molar-refractivity contribution in [2.45, 2.75) is 37.8 Å². The zero-order chi connectivity index (χ0) is 13.1. The second-order valence-corrected chi connectivity index (χ2v) is 5.19. The maximum atomic E-state index is 6.32. The number of rotatable bonds is 2. The molecule has 2 heterocycles. The Labute approximate surface area is 113 Å². The van der Waals surface area contributed by atoms with E-state index in [1.807, 2.05) is 18.2 Å². The summed E-state index contributed by atoms with van der Waals surface area (Å²) in [5.41, 5.74) is 7.39. The third-order valence-corrected chi connectivity index (χ3v) is 3.77. The minimum Gasteiger partial charge on any atom is -0.490 e. The van der Waals surface area contributed by atoms with E-state index in [2.05, 4.69) is 0 Å². The molecule has 19 heavy (non-hydrogen) atoms. The normalized spacial score (nSPS) is 24.6. The van der Waals surface area contributed by atoms with Crippen molar-refractivity contribution < 1.29 is 14.2 Å². The van der Waals surface area contributed by atoms with Crippen LogP contribution in [0, 0.1) is 0 Å². The Morgan fingerprint density at radius 2 is 1.84 bits per heavy atom. The molecule has 2 aliphatic rings. The molecule has 2 unspecified atom stereocenters. The summed E-state index contributed by atoms with van der Waals surface area (Å²) >= 11 is 0. The van der Waals surface area contributed by atoms with Gasteiger partial charge < -0.3 is 19.9 Å². The second-order valence-electron chi connectivity index (χ2n) is 5.19. The highest BCUT2D eigenvalue weighted by molar-refractivity contribution is 5.44. The Hall–Kier alpha value is -1.26. The summed E-state index contributed by atoms with van der Waals surface area (Å²) in [5.74, 6) is 1.62. The minimum absolute atomic E-state index is 0.0857. The molecule has 0 aromatic heterocycles. The summed E-state index contributed by atoms with van der Waals surface area (Å²) < 4.78 is 17.1. The van der Waals surface area contributed by atoms with Crippen LogP contribution in [0.3, 0.4) is 0 Å². The van der Waals surface area contributed by atoms with Crippen molar-refractivity contribution in [3.8, 4) is 11.5 Å². The van der Waals surface area contributed by atoms with E-state index in [1.165, 1.54) is 6.42 Å². The second kappa shape index (κ2) is 5.80. The first-order chi connectivity index (χ1) is 9.34. The molecule has 2 atom stereocenters. The number of ether oxygens (including phenoxy) is 3. The largest absolute Gasteiger partial charge is 0.490 e. The van der Waals surface area contributed by atoms with E-state index >= 15 is 0 Å². The van der Waals surface area contributed by atoms with Crippen LogP contribution in [0.1, 0.15) is 37.3 Å². The van der Waals surface area contributed by atoms with E-state index in [-0.39, 0.29) is 12.1 Å². The van der Waals surface area contributed by atoms with Gasteiger partial charge in [0.25, 0.3) is 0 Å². The lowest BCUT2D eigenvalue weighted by atomic mass is 9.96. The van der Waals surface area contributed by atoms with Gasteiger partial charge in [-0.3, -0.25) is 0 Å². The van der Waals surface area contributed by atoms with E-state index in [4.69, 9.17) is 19.9 Å². The summed E-state index contributed by atoms with van der Waals surface area (Å²) in [6, 6.07) is 5.90. The van der Waals surface area contributed by atoms with Crippen LogP contribution in [0.4, 0.5) is 0 Å². The molecule has 0 bridgehead atoms. The molecule has 0 radical (unpaired) electrons. The lowest BCUT2D eigenvalue weighted by Crippen LogP contribution is -2.31. The van der Waals surface area contributed by atoms with Crippen molar-refractivity contribution in [1.29, 1.82) is 0 Å². The van der Waals surface area contributed by atoms with Gasteiger partial charge in [0.1, 0.15) is 0 Å². The van der Waals surface area contributed by atoms with Crippen molar-refractivity contribution >= 4 is 0 Å². The van der Waals surface area contributed by atoms with Gasteiger partial charge in [-0.15, -0.1) is 0 Å². The van der Waals surface area contributed by atoms with Gasteiger partial charge in [-0.1, -0.05) is 6.07 Å². The maximum Gasteiger partial charge on any atom is 0.161 e. The van der Waals surface area contributed by atoms with Crippen LogP contribution in [0.5, 0.6) is 11.5 Å². The average Bonchev–Trinajstić information content (AvgIpc) is 2.72. The molecule has 3 rings (SSSR count). The smallest absolute Gasteiger partial charge is 0.161 e. The van der Waals surface area contributed by atoms with Gasteiger partial charge in [0, 0.05) is 13.0 Å². The van der Waals surface area contributed by atoms with Crippen molar-refractivity contribution in [3.63, 3.8) is 0 Å². The SMILES string of the molecule is NC(c1ccc2c(c1)OCCCO2)C1CCCCO1. The first kappa shape index (κ1) is 12.8. The van der Waals surface area contributed by atoms with Gasteiger partial charge in [-0.25, -0.2) is 0 Å². The van der Waals surface area contributed by atoms with Crippen LogP contribution < -0.4 is 15.2 Å². The Kier molecular flexibility index (Phi) is 3.89. The monoisotopic (exact) mass is 263 g/mol. The fraction of sp³-hybridized carbons (Fsp3) is 0.600. The van der Waals surface area contributed by atoms with Crippen LogP contribution in [0.25, 0.3) is 0 Å². The topological polar surface area (TPSA) is 53.7 Å². The van der Waals surface area contributed by atoms with Gasteiger partial charge in [0.15, 0.2) is 11.5 Å². The third kappa shape index (κ3) is 2.85. The molecule has 4 nitrogen and oxygen atoms in total. The van der Waals surface area contributed by atoms with Crippen LogP contribution in [0.15, 0.2) is 18.2 Å². The molecule has 4 heteroatoms. The summed E-state index contributed by atoms with van der Waals surface area (Å²) in [6.45, 7) is 2.23. The molecule has 0 saturated carbocycles. The van der Waals surface area contributed by atoms with Crippen LogP contribution >= 0.6 is 0 Å². The van der Waals surface area contributed by atoms with E-state index in [9.17, 15) is 0 Å². The molecule has 2 aliphatic heterocycles. The Morgan fingerprint density at radius 3 is 2.63 bits per heavy atom. The standard InChI is InChI=1S/C15H21NO3/c16-15(13-4-1-2-7-18-13)11-5-6-12-14(10-11)19-9-3-8-17-12/h5-6,10,13,15H,1-4,7-9,16H2. The molecule has 0 amide bonds. The van der Waals surface area contributed by atoms with E-state index in [1.54, 1.807) is 0 Å². The molecule has 1 aromatic rings. The third-order valence-electron chi connectivity index (χ3n) is 3.77. The number of hydrogen-bond donors (Lipinski definition) is 1. The average molecular weight is 263 g/mol. The number of fused-ring (bicyclic) bond motifs is 1. The maximum absolute atomic E-state index is 6.32. The summed E-state index contributed by atoms with van der Waals surface area (Å²) in [4.78, 5) is 0. The Morgan fingerprint density at radius 1 is 1.00 bits per heavy atom. The van der Waals surface area contributed by atoms with Crippen molar-refractivity contribution in [3.05, 3.63) is 23.8 Å². The van der Waals surface area contributed by atoms with Gasteiger partial charge in [-0.05, 0) is 37.0 Å². The molecule has 0 aliphatic carbocycles. The molecule has 0 spiro atoms. The zero-order valence-electron chi connectivity index (χ0n) is 11.1. The highest BCUT2D eigenvalue weighted by atomic mass is 16.5. The van der Waals surface area contributed by atoms with Gasteiger partial charge >= 0.3 is 0 Å². The lowest BCUT2D eigenvalue weighted by Gasteiger charge is -2.28. The van der Waals surface area contributed by atoms with Crippen LogP contribution in [0.2, 0.25) is 0 Å². The van der Waals surface area contributed by atoms with Gasteiger partial charge in [0.2, 0.25) is 0 Å². The fourth-order valence-electron chi connectivity index (χ4n) is 2.65. The van der Waals surface area contributed by atoms with Crippen molar-refractivity contribution in [1.82, 2.24) is 0 Å². The van der Waals surface area contributed by atoms with Crippen LogP contribution in [-0.2, 0) is 4.74 Å². The fourth-order valence-corrected chi connectivity index (χ4v) is 2.65. The van der Waals surface area contributed by atoms with Gasteiger partial charge in [-0.2, -0.15) is 0 Å². The zero-order valence-corrected chi connectivity index (χ0v) is 11.1. The van der Waals surface area contributed by atoms with Gasteiger partial charge in [0.05, 0.1) is 25.4 Å². The predicted molar refractivity (Wildman–Crippen MR) is 72.6 cm³/mol. The molecular formula is C15H21NO3. The van der Waals surface area contributed by atoms with Crippen molar-refractivity contribution in [2.24, 2.45) is 5.73 Å². The number of benzene rings is 1. The van der Waals surface area contributed by atoms with Crippen molar-refractivity contribution in [2.75, 3.05) is 19.8 Å². The lowest BCUT2D eigenvalue weighted by molar-refractivity contribution is -0.0000253. The Bertz CT molecular complexity index is 429. The molecule has 1 aromatic carbocycles. The molecular weight excluding hydrogens is 242 g/mol.